The predicted molar refractivity (Wildman–Crippen MR) is 70.0 cm³/mol. The number of nitrogens with zero attached hydrogens (tertiary/aromatic N) is 1. The standard InChI is InChI=1S/C14H17N3O/c1-2-11(7-8-15)16-14(18)13-9-10-5-3-4-6-12(10)17-13/h3-6,11,13,17H,2,7,9H2,1H3,(H,16,18). The number of anilines is 1. The maximum absolute atomic E-state index is 12.1. The van der Waals surface area contributed by atoms with Gasteiger partial charge in [-0.3, -0.25) is 4.79 Å². The Bertz CT molecular complexity index is 453. The van der Waals surface area contributed by atoms with Crippen LogP contribution in [-0.2, 0) is 11.2 Å². The van der Waals surface area contributed by atoms with E-state index in [0.717, 1.165) is 12.1 Å². The van der Waals surface area contributed by atoms with Gasteiger partial charge in [-0.2, -0.15) is 5.26 Å². The minimum atomic E-state index is -0.213. The van der Waals surface area contributed by atoms with E-state index in [0.29, 0.717) is 12.8 Å². The van der Waals surface area contributed by atoms with Gasteiger partial charge in [-0.15, -0.1) is 0 Å². The second-order valence-electron chi connectivity index (χ2n) is 4.53. The SMILES string of the molecule is CCC(CC#N)NC(=O)C1Cc2ccccc2N1. The number of carbonyl (C=O) groups is 1. The van der Waals surface area contributed by atoms with Crippen LogP contribution >= 0.6 is 0 Å². The van der Waals surface area contributed by atoms with Gasteiger partial charge < -0.3 is 10.6 Å². The van der Waals surface area contributed by atoms with Crippen LogP contribution in [0.2, 0.25) is 0 Å². The predicted octanol–water partition coefficient (Wildman–Crippen LogP) is 1.83. The highest BCUT2D eigenvalue weighted by atomic mass is 16.2. The van der Waals surface area contributed by atoms with Crippen LogP contribution in [0.3, 0.4) is 0 Å². The summed E-state index contributed by atoms with van der Waals surface area (Å²) < 4.78 is 0. The van der Waals surface area contributed by atoms with Crippen molar-refractivity contribution in [2.75, 3.05) is 5.32 Å². The first-order valence-electron chi connectivity index (χ1n) is 6.26. The van der Waals surface area contributed by atoms with Gasteiger partial charge in [-0.05, 0) is 18.1 Å². The number of amides is 1. The summed E-state index contributed by atoms with van der Waals surface area (Å²) in [6, 6.07) is 9.78. The average molecular weight is 243 g/mol. The number of hydrogen-bond donors (Lipinski definition) is 2. The van der Waals surface area contributed by atoms with Crippen molar-refractivity contribution < 1.29 is 4.79 Å². The number of carbonyl (C=O) groups excluding carboxylic acids is 1. The first-order valence-corrected chi connectivity index (χ1v) is 6.26. The Morgan fingerprint density at radius 3 is 3.06 bits per heavy atom. The van der Waals surface area contributed by atoms with Crippen molar-refractivity contribution in [3.8, 4) is 6.07 Å². The van der Waals surface area contributed by atoms with Gasteiger partial charge in [0.2, 0.25) is 5.91 Å². The molecule has 1 aromatic rings. The van der Waals surface area contributed by atoms with E-state index in [9.17, 15) is 4.79 Å². The molecular formula is C14H17N3O. The molecule has 0 spiro atoms. The number of rotatable bonds is 4. The number of benzene rings is 1. The number of fused-ring (bicyclic) bond motifs is 1. The van der Waals surface area contributed by atoms with Crippen LogP contribution < -0.4 is 10.6 Å². The van der Waals surface area contributed by atoms with Crippen molar-refractivity contribution in [3.05, 3.63) is 29.8 Å². The summed E-state index contributed by atoms with van der Waals surface area (Å²) in [7, 11) is 0. The van der Waals surface area contributed by atoms with Gasteiger partial charge in [-0.1, -0.05) is 25.1 Å². The topological polar surface area (TPSA) is 64.9 Å². The summed E-state index contributed by atoms with van der Waals surface area (Å²) in [6.07, 6.45) is 1.85. The fourth-order valence-corrected chi connectivity index (χ4v) is 2.17. The molecule has 1 aliphatic heterocycles. The van der Waals surface area contributed by atoms with Crippen molar-refractivity contribution in [1.29, 1.82) is 5.26 Å². The van der Waals surface area contributed by atoms with Crippen LogP contribution in [0.5, 0.6) is 0 Å². The Morgan fingerprint density at radius 1 is 1.61 bits per heavy atom. The first-order chi connectivity index (χ1) is 8.74. The zero-order chi connectivity index (χ0) is 13.0. The van der Waals surface area contributed by atoms with Crippen LogP contribution in [0.15, 0.2) is 24.3 Å². The second kappa shape index (κ2) is 5.54. The molecule has 1 heterocycles. The highest BCUT2D eigenvalue weighted by Crippen LogP contribution is 2.25. The summed E-state index contributed by atoms with van der Waals surface area (Å²) in [6.45, 7) is 1.97. The summed E-state index contributed by atoms with van der Waals surface area (Å²) in [4.78, 5) is 12.1. The fraction of sp³-hybridized carbons (Fsp3) is 0.429. The highest BCUT2D eigenvalue weighted by molar-refractivity contribution is 5.87. The Balaban J connectivity index is 1.95. The Hall–Kier alpha value is -2.02. The van der Waals surface area contributed by atoms with E-state index >= 15 is 0 Å². The van der Waals surface area contributed by atoms with Gasteiger partial charge in [0.1, 0.15) is 6.04 Å². The van der Waals surface area contributed by atoms with Crippen molar-refractivity contribution in [1.82, 2.24) is 5.32 Å². The van der Waals surface area contributed by atoms with Crippen LogP contribution in [-0.4, -0.2) is 18.0 Å². The molecule has 18 heavy (non-hydrogen) atoms. The van der Waals surface area contributed by atoms with Gasteiger partial charge in [0.25, 0.3) is 0 Å². The molecule has 4 heteroatoms. The first kappa shape index (κ1) is 12.4. The Labute approximate surface area is 107 Å². The Kier molecular flexibility index (Phi) is 3.83. The summed E-state index contributed by atoms with van der Waals surface area (Å²) in [5.74, 6) is -0.0201. The van der Waals surface area contributed by atoms with Gasteiger partial charge >= 0.3 is 0 Å². The van der Waals surface area contributed by atoms with Crippen LogP contribution in [0.1, 0.15) is 25.3 Å². The van der Waals surface area contributed by atoms with Gasteiger partial charge in [0.15, 0.2) is 0 Å². The molecule has 2 N–H and O–H groups in total. The van der Waals surface area contributed by atoms with Crippen molar-refractivity contribution in [3.63, 3.8) is 0 Å². The lowest BCUT2D eigenvalue weighted by Crippen LogP contribution is -2.43. The number of hydrogen-bond acceptors (Lipinski definition) is 3. The monoisotopic (exact) mass is 243 g/mol. The third-order valence-corrected chi connectivity index (χ3v) is 3.26. The normalized spacial score (nSPS) is 18.3. The smallest absolute Gasteiger partial charge is 0.243 e. The van der Waals surface area contributed by atoms with E-state index in [-0.39, 0.29) is 18.0 Å². The van der Waals surface area contributed by atoms with Gasteiger partial charge in [0, 0.05) is 18.2 Å². The van der Waals surface area contributed by atoms with E-state index in [1.165, 1.54) is 5.56 Å². The molecule has 1 amide bonds. The molecule has 94 valence electrons. The lowest BCUT2D eigenvalue weighted by atomic mass is 10.1. The number of para-hydroxylation sites is 1. The van der Waals surface area contributed by atoms with E-state index in [2.05, 4.69) is 16.7 Å². The minimum Gasteiger partial charge on any atom is -0.373 e. The molecule has 0 fully saturated rings. The summed E-state index contributed by atoms with van der Waals surface area (Å²) in [5, 5.41) is 14.8. The molecule has 2 atom stereocenters. The molecule has 1 aromatic carbocycles. The highest BCUT2D eigenvalue weighted by Gasteiger charge is 2.27. The summed E-state index contributed by atoms with van der Waals surface area (Å²) >= 11 is 0. The second-order valence-corrected chi connectivity index (χ2v) is 4.53. The largest absolute Gasteiger partial charge is 0.373 e. The molecule has 1 aliphatic rings. The van der Waals surface area contributed by atoms with Gasteiger partial charge in [-0.25, -0.2) is 0 Å². The third-order valence-electron chi connectivity index (χ3n) is 3.26. The van der Waals surface area contributed by atoms with Crippen molar-refractivity contribution in [2.24, 2.45) is 0 Å². The maximum Gasteiger partial charge on any atom is 0.243 e. The molecule has 0 aromatic heterocycles. The van der Waals surface area contributed by atoms with E-state index in [1.54, 1.807) is 0 Å². The van der Waals surface area contributed by atoms with Crippen LogP contribution in [0.25, 0.3) is 0 Å². The minimum absolute atomic E-state index is 0.0201. The molecule has 0 radical (unpaired) electrons. The molecule has 2 unspecified atom stereocenters. The molecule has 4 nitrogen and oxygen atoms in total. The summed E-state index contributed by atoms with van der Waals surface area (Å²) in [5.41, 5.74) is 2.21. The Morgan fingerprint density at radius 2 is 2.39 bits per heavy atom. The quantitative estimate of drug-likeness (QED) is 0.848. The van der Waals surface area contributed by atoms with Gasteiger partial charge in [0.05, 0.1) is 12.5 Å². The maximum atomic E-state index is 12.1. The van der Waals surface area contributed by atoms with E-state index in [1.807, 2.05) is 31.2 Å². The zero-order valence-electron chi connectivity index (χ0n) is 10.4. The third kappa shape index (κ3) is 2.62. The number of nitrogens with one attached hydrogen (secondary N) is 2. The molecule has 0 bridgehead atoms. The molecule has 2 rings (SSSR count). The zero-order valence-corrected chi connectivity index (χ0v) is 10.4. The molecule has 0 aliphatic carbocycles. The fourth-order valence-electron chi connectivity index (χ4n) is 2.17. The lowest BCUT2D eigenvalue weighted by molar-refractivity contribution is -0.122. The van der Waals surface area contributed by atoms with E-state index < -0.39 is 0 Å². The molecule has 0 saturated heterocycles. The van der Waals surface area contributed by atoms with Crippen LogP contribution in [0.4, 0.5) is 5.69 Å². The average Bonchev–Trinajstić information content (AvgIpc) is 2.82. The van der Waals surface area contributed by atoms with Crippen molar-refractivity contribution >= 4 is 11.6 Å². The molecule has 0 saturated carbocycles. The molecular weight excluding hydrogens is 226 g/mol. The van der Waals surface area contributed by atoms with Crippen molar-refractivity contribution in [2.45, 2.75) is 38.3 Å². The lowest BCUT2D eigenvalue weighted by Gasteiger charge is -2.17. The van der Waals surface area contributed by atoms with E-state index in [4.69, 9.17) is 5.26 Å². The number of nitriles is 1. The van der Waals surface area contributed by atoms with Crippen LogP contribution in [0, 0.1) is 11.3 Å².